The number of fused-ring (bicyclic) bond motifs is 4. The summed E-state index contributed by atoms with van der Waals surface area (Å²) in [5, 5.41) is 2.05. The quantitative estimate of drug-likeness (QED) is 0.198. The normalized spacial score (nSPS) is 11.5. The summed E-state index contributed by atoms with van der Waals surface area (Å²) in [5.74, 6) is 2.17. The lowest BCUT2D eigenvalue weighted by Gasteiger charge is -2.09. The molecule has 6 aromatic carbocycles. The van der Waals surface area contributed by atoms with Crippen LogP contribution in [0, 0.1) is 0 Å². The maximum absolute atomic E-state index is 6.37. The number of benzene rings is 6. The molecule has 0 saturated heterocycles. The molecule has 0 unspecified atom stereocenters. The molecular formula is C40H24N4O2. The molecule has 0 spiro atoms. The fourth-order valence-corrected chi connectivity index (χ4v) is 5.89. The van der Waals surface area contributed by atoms with Gasteiger partial charge in [-0.2, -0.15) is 0 Å². The Balaban J connectivity index is 1.23. The molecule has 6 heteroatoms. The minimum Gasteiger partial charge on any atom is -0.456 e. The lowest BCUT2D eigenvalue weighted by Crippen LogP contribution is -2.00. The van der Waals surface area contributed by atoms with E-state index in [-0.39, 0.29) is 0 Å². The molecule has 0 aliphatic heterocycles. The van der Waals surface area contributed by atoms with E-state index in [2.05, 4.69) is 48.5 Å². The summed E-state index contributed by atoms with van der Waals surface area (Å²) >= 11 is 0. The number of nitrogens with zero attached hydrogens (tertiary/aromatic N) is 4. The van der Waals surface area contributed by atoms with Gasteiger partial charge in [-0.3, -0.25) is 0 Å². The number of para-hydroxylation sites is 2. The molecule has 0 aliphatic rings. The van der Waals surface area contributed by atoms with Crippen LogP contribution in [0.25, 0.3) is 89.8 Å². The molecule has 3 heterocycles. The van der Waals surface area contributed by atoms with Gasteiger partial charge in [-0.05, 0) is 59.7 Å². The second kappa shape index (κ2) is 10.6. The highest BCUT2D eigenvalue weighted by Gasteiger charge is 2.19. The van der Waals surface area contributed by atoms with E-state index in [0.717, 1.165) is 60.8 Å². The highest BCUT2D eigenvalue weighted by Crippen LogP contribution is 2.35. The Bertz CT molecular complexity index is 2520. The van der Waals surface area contributed by atoms with E-state index in [1.54, 1.807) is 0 Å². The lowest BCUT2D eigenvalue weighted by atomic mass is 10.0. The zero-order chi connectivity index (χ0) is 30.5. The standard InChI is InChI=1S/C40H24N4O2/c1-3-10-25(11-4-1)26-18-20-27(21-19-26)37-42-38(29-22-23-35-32(24-29)30-14-7-8-17-34(30)45-35)44-39(43-37)31-15-9-16-33-36(31)46-40(41-33)28-12-5-2-6-13-28/h1-24H. The average molecular weight is 593 g/mol. The molecule has 0 radical (unpaired) electrons. The Morgan fingerprint density at radius 1 is 0.370 bits per heavy atom. The lowest BCUT2D eigenvalue weighted by molar-refractivity contribution is 0.620. The van der Waals surface area contributed by atoms with Gasteiger partial charge in [0.25, 0.3) is 0 Å². The first kappa shape index (κ1) is 26.0. The van der Waals surface area contributed by atoms with Crippen LogP contribution in [0.15, 0.2) is 154 Å². The van der Waals surface area contributed by atoms with E-state index in [1.807, 2.05) is 97.1 Å². The third kappa shape index (κ3) is 4.52. The van der Waals surface area contributed by atoms with Crippen molar-refractivity contribution in [2.75, 3.05) is 0 Å². The monoisotopic (exact) mass is 592 g/mol. The smallest absolute Gasteiger partial charge is 0.227 e. The fourth-order valence-electron chi connectivity index (χ4n) is 5.89. The summed E-state index contributed by atoms with van der Waals surface area (Å²) in [5.41, 5.74) is 8.68. The van der Waals surface area contributed by atoms with Crippen LogP contribution in [0.2, 0.25) is 0 Å². The zero-order valence-corrected chi connectivity index (χ0v) is 24.5. The van der Waals surface area contributed by atoms with Crippen molar-refractivity contribution >= 4 is 33.0 Å². The summed E-state index contributed by atoms with van der Waals surface area (Å²) in [7, 11) is 0. The molecule has 0 N–H and O–H groups in total. The zero-order valence-electron chi connectivity index (χ0n) is 24.5. The number of furan rings is 1. The molecule has 3 aromatic heterocycles. The van der Waals surface area contributed by atoms with Gasteiger partial charge in [0.2, 0.25) is 5.89 Å². The van der Waals surface area contributed by atoms with Crippen molar-refractivity contribution in [2.24, 2.45) is 0 Å². The van der Waals surface area contributed by atoms with Gasteiger partial charge in [-0.15, -0.1) is 0 Å². The van der Waals surface area contributed by atoms with Gasteiger partial charge in [-0.1, -0.05) is 97.1 Å². The summed E-state index contributed by atoms with van der Waals surface area (Å²) in [6.07, 6.45) is 0. The molecule has 0 saturated carbocycles. The minimum absolute atomic E-state index is 0.505. The van der Waals surface area contributed by atoms with Gasteiger partial charge in [0.15, 0.2) is 23.1 Å². The summed E-state index contributed by atoms with van der Waals surface area (Å²) in [4.78, 5) is 19.8. The molecule has 6 nitrogen and oxygen atoms in total. The molecule has 0 fully saturated rings. The van der Waals surface area contributed by atoms with Crippen LogP contribution in [-0.4, -0.2) is 19.9 Å². The summed E-state index contributed by atoms with van der Waals surface area (Å²) < 4.78 is 12.5. The predicted molar refractivity (Wildman–Crippen MR) is 182 cm³/mol. The van der Waals surface area contributed by atoms with Crippen molar-refractivity contribution in [3.8, 4) is 56.7 Å². The molecule has 0 amide bonds. The third-order valence-electron chi connectivity index (χ3n) is 8.20. The first-order chi connectivity index (χ1) is 22.8. The van der Waals surface area contributed by atoms with Crippen molar-refractivity contribution < 1.29 is 8.83 Å². The predicted octanol–water partition coefficient (Wildman–Crippen LogP) is 10.2. The van der Waals surface area contributed by atoms with E-state index in [4.69, 9.17) is 28.8 Å². The van der Waals surface area contributed by atoms with E-state index in [1.165, 1.54) is 0 Å². The van der Waals surface area contributed by atoms with Gasteiger partial charge in [0.1, 0.15) is 16.7 Å². The molecule has 0 atom stereocenters. The first-order valence-corrected chi connectivity index (χ1v) is 15.1. The Morgan fingerprint density at radius 2 is 0.978 bits per heavy atom. The SMILES string of the molecule is c1ccc(-c2ccc(-c3nc(-c4ccc5oc6ccccc6c5c4)nc(-c4cccc5nc(-c6ccccc6)oc45)n3)cc2)cc1. The van der Waals surface area contributed by atoms with Crippen molar-refractivity contribution in [1.82, 2.24) is 19.9 Å². The highest BCUT2D eigenvalue weighted by atomic mass is 16.3. The molecule has 216 valence electrons. The molecule has 9 rings (SSSR count). The molecule has 46 heavy (non-hydrogen) atoms. The fraction of sp³-hybridized carbons (Fsp3) is 0. The van der Waals surface area contributed by atoms with Crippen molar-refractivity contribution in [3.05, 3.63) is 146 Å². The second-order valence-corrected chi connectivity index (χ2v) is 11.1. The van der Waals surface area contributed by atoms with E-state index >= 15 is 0 Å². The number of hydrogen-bond acceptors (Lipinski definition) is 6. The highest BCUT2D eigenvalue weighted by molar-refractivity contribution is 6.06. The minimum atomic E-state index is 0.505. The summed E-state index contributed by atoms with van der Waals surface area (Å²) in [6, 6.07) is 48.5. The number of rotatable bonds is 5. The average Bonchev–Trinajstić information content (AvgIpc) is 3.74. The van der Waals surface area contributed by atoms with Crippen LogP contribution in [-0.2, 0) is 0 Å². The van der Waals surface area contributed by atoms with Gasteiger partial charge in [-0.25, -0.2) is 19.9 Å². The Labute approximate surface area is 263 Å². The van der Waals surface area contributed by atoms with Crippen LogP contribution in [0.4, 0.5) is 0 Å². The van der Waals surface area contributed by atoms with Crippen molar-refractivity contribution in [2.45, 2.75) is 0 Å². The van der Waals surface area contributed by atoms with E-state index < -0.39 is 0 Å². The van der Waals surface area contributed by atoms with Crippen molar-refractivity contribution in [1.29, 1.82) is 0 Å². The maximum atomic E-state index is 6.37. The van der Waals surface area contributed by atoms with E-state index in [9.17, 15) is 0 Å². The number of hydrogen-bond donors (Lipinski definition) is 0. The molecule has 0 aliphatic carbocycles. The first-order valence-electron chi connectivity index (χ1n) is 15.1. The molecule has 9 aromatic rings. The van der Waals surface area contributed by atoms with Crippen LogP contribution < -0.4 is 0 Å². The largest absolute Gasteiger partial charge is 0.456 e. The van der Waals surface area contributed by atoms with Crippen LogP contribution in [0.1, 0.15) is 0 Å². The summed E-state index contributed by atoms with van der Waals surface area (Å²) in [6.45, 7) is 0. The Morgan fingerprint density at radius 3 is 1.78 bits per heavy atom. The van der Waals surface area contributed by atoms with Gasteiger partial charge in [0, 0.05) is 27.5 Å². The maximum Gasteiger partial charge on any atom is 0.227 e. The Hall–Kier alpha value is -6.40. The van der Waals surface area contributed by atoms with E-state index in [0.29, 0.717) is 28.9 Å². The van der Waals surface area contributed by atoms with Gasteiger partial charge >= 0.3 is 0 Å². The number of aromatic nitrogens is 4. The van der Waals surface area contributed by atoms with Crippen LogP contribution in [0.3, 0.4) is 0 Å². The van der Waals surface area contributed by atoms with Gasteiger partial charge in [0.05, 0.1) is 5.56 Å². The topological polar surface area (TPSA) is 77.8 Å². The Kier molecular flexibility index (Phi) is 6.03. The van der Waals surface area contributed by atoms with Gasteiger partial charge < -0.3 is 8.83 Å². The van der Waals surface area contributed by atoms with Crippen molar-refractivity contribution in [3.63, 3.8) is 0 Å². The third-order valence-corrected chi connectivity index (χ3v) is 8.20. The van der Waals surface area contributed by atoms with Crippen LogP contribution in [0.5, 0.6) is 0 Å². The number of oxazole rings is 1. The van der Waals surface area contributed by atoms with Crippen LogP contribution >= 0.6 is 0 Å². The second-order valence-electron chi connectivity index (χ2n) is 11.1. The molecule has 0 bridgehead atoms. The molecular weight excluding hydrogens is 568 g/mol.